The van der Waals surface area contributed by atoms with Gasteiger partial charge in [0.25, 0.3) is 5.56 Å². The summed E-state index contributed by atoms with van der Waals surface area (Å²) < 4.78 is 44.0. The molecule has 0 radical (unpaired) electrons. The minimum atomic E-state index is -4.47. The summed E-state index contributed by atoms with van der Waals surface area (Å²) in [6.45, 7) is -0.654. The minimum Gasteiger partial charge on any atom is -0.383 e. The summed E-state index contributed by atoms with van der Waals surface area (Å²) in [4.78, 5) is 12.0. The van der Waals surface area contributed by atoms with E-state index >= 15 is 0 Å². The van der Waals surface area contributed by atoms with Crippen LogP contribution in [0.3, 0.4) is 0 Å². The first-order valence-corrected chi connectivity index (χ1v) is 5.74. The summed E-state index contributed by atoms with van der Waals surface area (Å²) in [6, 6.07) is 1.39. The van der Waals surface area contributed by atoms with Crippen molar-refractivity contribution in [1.82, 2.24) is 14.3 Å². The molecule has 2 aromatic heterocycles. The summed E-state index contributed by atoms with van der Waals surface area (Å²) in [5.41, 5.74) is 5.20. The molecule has 0 saturated carbocycles. The summed E-state index contributed by atoms with van der Waals surface area (Å²) in [5.74, 6) is -0.0855. The van der Waals surface area contributed by atoms with Crippen LogP contribution in [0.4, 0.5) is 19.0 Å². The average molecular weight is 290 g/mol. The lowest BCUT2D eigenvalue weighted by atomic mass is 10.3. The Morgan fingerprint density at radius 3 is 2.75 bits per heavy atom. The van der Waals surface area contributed by atoms with Crippen molar-refractivity contribution in [2.45, 2.75) is 19.3 Å². The third-order valence-corrected chi connectivity index (χ3v) is 2.76. The highest BCUT2D eigenvalue weighted by Gasteiger charge is 2.29. The molecule has 2 rings (SSSR count). The van der Waals surface area contributed by atoms with Crippen molar-refractivity contribution >= 4 is 16.7 Å². The molecule has 0 aliphatic carbocycles. The first kappa shape index (κ1) is 14.4. The van der Waals surface area contributed by atoms with E-state index in [0.717, 1.165) is 6.20 Å². The van der Waals surface area contributed by atoms with Crippen molar-refractivity contribution in [3.05, 3.63) is 22.6 Å². The number of halogens is 3. The summed E-state index contributed by atoms with van der Waals surface area (Å²) >= 11 is 0. The van der Waals surface area contributed by atoms with E-state index in [0.29, 0.717) is 23.2 Å². The Bertz CT molecular complexity index is 675. The number of alkyl halides is 3. The van der Waals surface area contributed by atoms with Crippen LogP contribution in [0.2, 0.25) is 0 Å². The number of nitrogen functional groups attached to an aromatic ring is 1. The molecular formula is C11H13F3N4O2. The van der Waals surface area contributed by atoms with Crippen LogP contribution in [-0.2, 0) is 17.8 Å². The van der Waals surface area contributed by atoms with Crippen LogP contribution in [-0.4, -0.2) is 34.2 Å². The lowest BCUT2D eigenvalue weighted by Gasteiger charge is -2.09. The summed E-state index contributed by atoms with van der Waals surface area (Å²) in [6.07, 6.45) is -3.39. The Morgan fingerprint density at radius 1 is 1.45 bits per heavy atom. The van der Waals surface area contributed by atoms with Gasteiger partial charge < -0.3 is 15.0 Å². The van der Waals surface area contributed by atoms with Gasteiger partial charge in [0.05, 0.1) is 18.7 Å². The quantitative estimate of drug-likeness (QED) is 0.911. The Hall–Kier alpha value is -2.03. The van der Waals surface area contributed by atoms with Gasteiger partial charge in [0.1, 0.15) is 11.9 Å². The molecule has 0 aliphatic heterocycles. The van der Waals surface area contributed by atoms with Crippen LogP contribution in [0.5, 0.6) is 0 Å². The maximum Gasteiger partial charge on any atom is 0.406 e. The average Bonchev–Trinajstić information content (AvgIpc) is 2.66. The third-order valence-electron chi connectivity index (χ3n) is 2.76. The SMILES string of the molecule is COCCn1nc(N)c2c(=O)n(CC(F)(F)F)ccc21. The van der Waals surface area contributed by atoms with Crippen molar-refractivity contribution < 1.29 is 17.9 Å². The van der Waals surface area contributed by atoms with Gasteiger partial charge in [0.15, 0.2) is 5.82 Å². The molecule has 0 aliphatic rings. The fraction of sp³-hybridized carbons (Fsp3) is 0.455. The highest BCUT2D eigenvalue weighted by Crippen LogP contribution is 2.19. The van der Waals surface area contributed by atoms with Gasteiger partial charge in [-0.25, -0.2) is 0 Å². The zero-order valence-corrected chi connectivity index (χ0v) is 10.6. The molecule has 0 unspecified atom stereocenters. The third kappa shape index (κ3) is 2.77. The van der Waals surface area contributed by atoms with Crippen molar-refractivity contribution in [3.63, 3.8) is 0 Å². The molecule has 6 nitrogen and oxygen atoms in total. The zero-order valence-electron chi connectivity index (χ0n) is 10.6. The van der Waals surface area contributed by atoms with Crippen molar-refractivity contribution in [3.8, 4) is 0 Å². The second kappa shape index (κ2) is 5.16. The standard InChI is InChI=1S/C11H13F3N4O2/c1-20-5-4-18-7-2-3-17(6-11(12,13)14)10(19)8(7)9(15)16-18/h2-3H,4-6H2,1H3,(H2,15,16). The molecule has 9 heteroatoms. The van der Waals surface area contributed by atoms with Gasteiger partial charge in [0, 0.05) is 13.3 Å². The van der Waals surface area contributed by atoms with Crippen molar-refractivity contribution in [1.29, 1.82) is 0 Å². The number of nitrogens with zero attached hydrogens (tertiary/aromatic N) is 3. The lowest BCUT2D eigenvalue weighted by Crippen LogP contribution is -2.27. The number of hydrogen-bond donors (Lipinski definition) is 1. The van der Waals surface area contributed by atoms with Gasteiger partial charge in [-0.05, 0) is 6.07 Å². The number of rotatable bonds is 4. The molecule has 0 aromatic carbocycles. The summed E-state index contributed by atoms with van der Waals surface area (Å²) in [7, 11) is 1.51. The highest BCUT2D eigenvalue weighted by atomic mass is 19.4. The van der Waals surface area contributed by atoms with Crippen LogP contribution in [0, 0.1) is 0 Å². The predicted molar refractivity (Wildman–Crippen MR) is 66.3 cm³/mol. The van der Waals surface area contributed by atoms with Crippen LogP contribution in [0.1, 0.15) is 0 Å². The first-order chi connectivity index (χ1) is 9.33. The van der Waals surface area contributed by atoms with E-state index in [1.807, 2.05) is 0 Å². The normalized spacial score (nSPS) is 12.2. The fourth-order valence-electron chi connectivity index (χ4n) is 1.92. The number of fused-ring (bicyclic) bond motifs is 1. The fourth-order valence-corrected chi connectivity index (χ4v) is 1.92. The van der Waals surface area contributed by atoms with E-state index in [2.05, 4.69) is 5.10 Å². The van der Waals surface area contributed by atoms with E-state index in [9.17, 15) is 18.0 Å². The smallest absolute Gasteiger partial charge is 0.383 e. The van der Waals surface area contributed by atoms with E-state index < -0.39 is 18.3 Å². The molecule has 2 heterocycles. The van der Waals surface area contributed by atoms with Gasteiger partial charge in [-0.1, -0.05) is 0 Å². The number of pyridine rings is 1. The first-order valence-electron chi connectivity index (χ1n) is 5.74. The number of nitrogens with two attached hydrogens (primary N) is 1. The predicted octanol–water partition coefficient (Wildman–Crippen LogP) is 0.989. The van der Waals surface area contributed by atoms with E-state index in [-0.39, 0.29) is 11.2 Å². The number of aromatic nitrogens is 3. The van der Waals surface area contributed by atoms with Crippen molar-refractivity contribution in [2.75, 3.05) is 19.5 Å². The van der Waals surface area contributed by atoms with Gasteiger partial charge in [-0.15, -0.1) is 0 Å². The molecule has 0 amide bonds. The molecule has 0 atom stereocenters. The minimum absolute atomic E-state index is 0.00662. The zero-order chi connectivity index (χ0) is 14.9. The molecule has 0 saturated heterocycles. The molecule has 0 bridgehead atoms. The maximum absolute atomic E-state index is 12.4. The molecule has 0 fully saturated rings. The molecule has 110 valence electrons. The Kier molecular flexibility index (Phi) is 3.71. The van der Waals surface area contributed by atoms with E-state index in [1.165, 1.54) is 17.9 Å². The number of ether oxygens (including phenoxy) is 1. The van der Waals surface area contributed by atoms with E-state index in [4.69, 9.17) is 10.5 Å². The van der Waals surface area contributed by atoms with Crippen LogP contribution < -0.4 is 11.3 Å². The Labute approximate surface area is 111 Å². The maximum atomic E-state index is 12.4. The van der Waals surface area contributed by atoms with Gasteiger partial charge >= 0.3 is 6.18 Å². The van der Waals surface area contributed by atoms with Crippen LogP contribution in [0.15, 0.2) is 17.1 Å². The molecule has 0 spiro atoms. The lowest BCUT2D eigenvalue weighted by molar-refractivity contribution is -0.141. The molecular weight excluding hydrogens is 277 g/mol. The topological polar surface area (TPSA) is 75.1 Å². The second-order valence-corrected chi connectivity index (χ2v) is 4.23. The molecule has 2 aromatic rings. The monoisotopic (exact) mass is 290 g/mol. The van der Waals surface area contributed by atoms with Gasteiger partial charge in [-0.3, -0.25) is 9.48 Å². The highest BCUT2D eigenvalue weighted by molar-refractivity contribution is 5.88. The molecule has 20 heavy (non-hydrogen) atoms. The number of methoxy groups -OCH3 is 1. The Balaban J connectivity index is 2.51. The van der Waals surface area contributed by atoms with Gasteiger partial charge in [-0.2, -0.15) is 18.3 Å². The Morgan fingerprint density at radius 2 is 2.15 bits per heavy atom. The number of anilines is 1. The number of hydrogen-bond acceptors (Lipinski definition) is 4. The largest absolute Gasteiger partial charge is 0.406 e. The second-order valence-electron chi connectivity index (χ2n) is 4.23. The molecule has 2 N–H and O–H groups in total. The van der Waals surface area contributed by atoms with Crippen LogP contribution in [0.25, 0.3) is 10.9 Å². The van der Waals surface area contributed by atoms with E-state index in [1.54, 1.807) is 0 Å². The van der Waals surface area contributed by atoms with Gasteiger partial charge in [0.2, 0.25) is 0 Å². The summed E-state index contributed by atoms with van der Waals surface area (Å²) in [5, 5.41) is 3.94. The van der Waals surface area contributed by atoms with Crippen molar-refractivity contribution in [2.24, 2.45) is 0 Å². The van der Waals surface area contributed by atoms with Crippen LogP contribution >= 0.6 is 0 Å².